The molecule has 0 aliphatic carbocycles. The van der Waals surface area contributed by atoms with Gasteiger partial charge in [-0.1, -0.05) is 12.1 Å². The van der Waals surface area contributed by atoms with Crippen molar-refractivity contribution in [3.63, 3.8) is 0 Å². The van der Waals surface area contributed by atoms with Gasteiger partial charge in [0.15, 0.2) is 11.5 Å². The third-order valence-corrected chi connectivity index (χ3v) is 3.47. The summed E-state index contributed by atoms with van der Waals surface area (Å²) >= 11 is 0. The van der Waals surface area contributed by atoms with Gasteiger partial charge in [0.25, 0.3) is 0 Å². The lowest BCUT2D eigenvalue weighted by Gasteiger charge is -2.14. The van der Waals surface area contributed by atoms with Crippen LogP contribution in [0, 0.1) is 5.82 Å². The molecule has 1 N–H and O–H groups in total. The van der Waals surface area contributed by atoms with Crippen molar-refractivity contribution in [3.05, 3.63) is 53.3 Å². The number of carbonyl (C=O) groups is 1. The quantitative estimate of drug-likeness (QED) is 0.609. The van der Waals surface area contributed by atoms with Crippen molar-refractivity contribution in [1.29, 1.82) is 0 Å². The highest BCUT2D eigenvalue weighted by Crippen LogP contribution is 2.39. The highest BCUT2D eigenvalue weighted by Gasteiger charge is 2.16. The van der Waals surface area contributed by atoms with E-state index in [4.69, 9.17) is 14.2 Å². The van der Waals surface area contributed by atoms with E-state index in [2.05, 4.69) is 0 Å². The number of aliphatic carboxylic acids is 1. The molecule has 132 valence electrons. The summed E-state index contributed by atoms with van der Waals surface area (Å²) in [5, 5.41) is 9.50. The highest BCUT2D eigenvalue weighted by atomic mass is 19.1. The molecule has 0 aliphatic rings. The second-order valence-corrected chi connectivity index (χ2v) is 5.06. The molecule has 0 saturated carbocycles. The minimum atomic E-state index is -1.13. The Kier molecular flexibility index (Phi) is 6.00. The number of ether oxygens (including phenoxy) is 3. The maximum absolute atomic E-state index is 13.1. The molecule has 0 fully saturated rings. The Balaban J connectivity index is 2.56. The lowest BCUT2D eigenvalue weighted by Crippen LogP contribution is -2.01. The fourth-order valence-electron chi connectivity index (χ4n) is 2.33. The van der Waals surface area contributed by atoms with Crippen LogP contribution in [-0.4, -0.2) is 31.9 Å². The standard InChI is InChI=1S/C19H19FO5/c1-4-25-18-16(23-2)10-12(11-17(18)24-3)9-15(19(21)22)13-5-7-14(20)8-6-13/h5-11H,4H2,1-3H3,(H,21,22)/b15-9-. The molecule has 0 aromatic heterocycles. The van der Waals surface area contributed by atoms with Crippen LogP contribution in [0.15, 0.2) is 36.4 Å². The Morgan fingerprint density at radius 1 is 1.12 bits per heavy atom. The first-order valence-electron chi connectivity index (χ1n) is 7.59. The van der Waals surface area contributed by atoms with Crippen LogP contribution in [0.1, 0.15) is 18.1 Å². The monoisotopic (exact) mass is 346 g/mol. The molecule has 0 saturated heterocycles. The number of methoxy groups -OCH3 is 2. The van der Waals surface area contributed by atoms with E-state index < -0.39 is 11.8 Å². The summed E-state index contributed by atoms with van der Waals surface area (Å²) < 4.78 is 29.2. The summed E-state index contributed by atoms with van der Waals surface area (Å²) in [5.74, 6) is -0.257. The third kappa shape index (κ3) is 4.29. The predicted molar refractivity (Wildman–Crippen MR) is 92.6 cm³/mol. The summed E-state index contributed by atoms with van der Waals surface area (Å²) in [4.78, 5) is 11.6. The first-order chi connectivity index (χ1) is 12.0. The molecule has 0 radical (unpaired) electrons. The van der Waals surface area contributed by atoms with Gasteiger partial charge in [0.1, 0.15) is 5.82 Å². The molecule has 25 heavy (non-hydrogen) atoms. The second-order valence-electron chi connectivity index (χ2n) is 5.06. The molecule has 0 bridgehead atoms. The number of hydrogen-bond acceptors (Lipinski definition) is 4. The van der Waals surface area contributed by atoms with Crippen molar-refractivity contribution in [3.8, 4) is 17.2 Å². The van der Waals surface area contributed by atoms with Crippen LogP contribution in [0.2, 0.25) is 0 Å². The molecular formula is C19H19FO5. The summed E-state index contributed by atoms with van der Waals surface area (Å²) in [6.07, 6.45) is 1.47. The maximum Gasteiger partial charge on any atom is 0.336 e. The lowest BCUT2D eigenvalue weighted by atomic mass is 10.0. The molecular weight excluding hydrogens is 327 g/mol. The number of rotatable bonds is 7. The number of carboxylic acid groups (broad SMARTS) is 1. The molecule has 0 unspecified atom stereocenters. The molecule has 2 aromatic rings. The number of halogens is 1. The zero-order chi connectivity index (χ0) is 18.4. The summed E-state index contributed by atoms with van der Waals surface area (Å²) in [7, 11) is 2.98. The molecule has 0 heterocycles. The van der Waals surface area contributed by atoms with E-state index in [1.165, 1.54) is 44.6 Å². The van der Waals surface area contributed by atoms with Gasteiger partial charge in [-0.05, 0) is 48.4 Å². The first kappa shape index (κ1) is 18.3. The van der Waals surface area contributed by atoms with Crippen LogP contribution < -0.4 is 14.2 Å². The van der Waals surface area contributed by atoms with Gasteiger partial charge >= 0.3 is 5.97 Å². The first-order valence-corrected chi connectivity index (χ1v) is 7.59. The molecule has 0 amide bonds. The number of benzene rings is 2. The van der Waals surface area contributed by atoms with E-state index in [1.54, 1.807) is 12.1 Å². The Bertz CT molecular complexity index is 756. The van der Waals surface area contributed by atoms with Gasteiger partial charge < -0.3 is 19.3 Å². The molecule has 6 heteroatoms. The SMILES string of the molecule is CCOc1c(OC)cc(/C=C(\C(=O)O)c2ccc(F)cc2)cc1OC. The van der Waals surface area contributed by atoms with Gasteiger partial charge in [-0.2, -0.15) is 0 Å². The van der Waals surface area contributed by atoms with E-state index in [0.717, 1.165) is 0 Å². The van der Waals surface area contributed by atoms with Gasteiger partial charge in [0, 0.05) is 0 Å². The Hall–Kier alpha value is -3.02. The minimum absolute atomic E-state index is 0.0215. The molecule has 2 aromatic carbocycles. The van der Waals surface area contributed by atoms with Crippen molar-refractivity contribution in [2.45, 2.75) is 6.92 Å². The van der Waals surface area contributed by atoms with Gasteiger partial charge in [-0.25, -0.2) is 9.18 Å². The van der Waals surface area contributed by atoms with E-state index in [0.29, 0.717) is 35.0 Å². The fourth-order valence-corrected chi connectivity index (χ4v) is 2.33. The van der Waals surface area contributed by atoms with Crippen molar-refractivity contribution in [2.24, 2.45) is 0 Å². The van der Waals surface area contributed by atoms with Gasteiger partial charge in [-0.15, -0.1) is 0 Å². The van der Waals surface area contributed by atoms with Crippen molar-refractivity contribution in [2.75, 3.05) is 20.8 Å². The van der Waals surface area contributed by atoms with Crippen LogP contribution in [-0.2, 0) is 4.79 Å². The van der Waals surface area contributed by atoms with Crippen molar-refractivity contribution in [1.82, 2.24) is 0 Å². The van der Waals surface area contributed by atoms with Crippen molar-refractivity contribution >= 4 is 17.6 Å². The Morgan fingerprint density at radius 2 is 1.68 bits per heavy atom. The normalized spacial score (nSPS) is 11.1. The van der Waals surface area contributed by atoms with Gasteiger partial charge in [0.2, 0.25) is 5.75 Å². The molecule has 0 aliphatic heterocycles. The fraction of sp³-hybridized carbons (Fsp3) is 0.211. The molecule has 5 nitrogen and oxygen atoms in total. The van der Waals surface area contributed by atoms with E-state index in [-0.39, 0.29) is 5.57 Å². The number of hydrogen-bond donors (Lipinski definition) is 1. The van der Waals surface area contributed by atoms with Crippen molar-refractivity contribution < 1.29 is 28.5 Å². The Morgan fingerprint density at radius 3 is 2.12 bits per heavy atom. The summed E-state index contributed by atoms with van der Waals surface area (Å²) in [5.41, 5.74) is 0.966. The molecule has 2 rings (SSSR count). The van der Waals surface area contributed by atoms with Crippen LogP contribution in [0.3, 0.4) is 0 Å². The minimum Gasteiger partial charge on any atom is -0.493 e. The van der Waals surface area contributed by atoms with Crippen LogP contribution in [0.4, 0.5) is 4.39 Å². The summed E-state index contributed by atoms with van der Waals surface area (Å²) in [6.45, 7) is 2.27. The predicted octanol–water partition coefficient (Wildman–Crippen LogP) is 3.87. The van der Waals surface area contributed by atoms with Crippen LogP contribution >= 0.6 is 0 Å². The smallest absolute Gasteiger partial charge is 0.336 e. The summed E-state index contributed by atoms with van der Waals surface area (Å²) in [6, 6.07) is 8.56. The Labute approximate surface area is 145 Å². The average Bonchev–Trinajstić information content (AvgIpc) is 2.61. The molecule has 0 spiro atoms. The zero-order valence-corrected chi connectivity index (χ0v) is 14.2. The largest absolute Gasteiger partial charge is 0.493 e. The van der Waals surface area contributed by atoms with E-state index in [9.17, 15) is 14.3 Å². The van der Waals surface area contributed by atoms with Gasteiger partial charge in [-0.3, -0.25) is 0 Å². The zero-order valence-electron chi connectivity index (χ0n) is 14.2. The number of carboxylic acids is 1. The highest BCUT2D eigenvalue weighted by molar-refractivity contribution is 6.20. The molecule has 0 atom stereocenters. The van der Waals surface area contributed by atoms with E-state index in [1.807, 2.05) is 6.92 Å². The topological polar surface area (TPSA) is 65.0 Å². The lowest BCUT2D eigenvalue weighted by molar-refractivity contribution is -0.130. The van der Waals surface area contributed by atoms with Gasteiger partial charge in [0.05, 0.1) is 26.4 Å². The van der Waals surface area contributed by atoms with Crippen LogP contribution in [0.25, 0.3) is 11.6 Å². The average molecular weight is 346 g/mol. The second kappa shape index (κ2) is 8.19. The van der Waals surface area contributed by atoms with E-state index >= 15 is 0 Å². The maximum atomic E-state index is 13.1. The third-order valence-electron chi connectivity index (χ3n) is 3.47. The van der Waals surface area contributed by atoms with Crippen LogP contribution in [0.5, 0.6) is 17.2 Å².